The van der Waals surface area contributed by atoms with Crippen molar-refractivity contribution in [1.29, 1.82) is 0 Å². The largest absolute Gasteiger partial charge is 0.393 e. The minimum absolute atomic E-state index is 0.0767. The lowest BCUT2D eigenvalue weighted by molar-refractivity contribution is 0.146. The molecular weight excluding hydrogens is 264 g/mol. The van der Waals surface area contributed by atoms with Crippen LogP contribution < -0.4 is 4.72 Å². The van der Waals surface area contributed by atoms with Crippen molar-refractivity contribution >= 4 is 10.2 Å². The molecule has 0 amide bonds. The normalized spacial score (nSPS) is 24.4. The van der Waals surface area contributed by atoms with Gasteiger partial charge in [0.15, 0.2) is 0 Å². The summed E-state index contributed by atoms with van der Waals surface area (Å²) in [6, 6.07) is -0.0767. The maximum absolute atomic E-state index is 12.4. The number of aliphatic hydroxyl groups excluding tert-OH is 1. The van der Waals surface area contributed by atoms with Gasteiger partial charge in [-0.25, -0.2) is 4.72 Å². The van der Waals surface area contributed by atoms with Gasteiger partial charge in [-0.05, 0) is 32.1 Å². The van der Waals surface area contributed by atoms with Crippen LogP contribution in [0.15, 0.2) is 0 Å². The standard InChI is InChI=1S/C13H28N2O3S/c1-11(2)10-14-19(17,18)15-8-6-4-5-7-13(15)9-12(3)16/h11-14,16H,4-10H2,1-3H3. The van der Waals surface area contributed by atoms with Crippen molar-refractivity contribution in [2.45, 2.75) is 65.0 Å². The summed E-state index contributed by atoms with van der Waals surface area (Å²) < 4.78 is 29.0. The van der Waals surface area contributed by atoms with Gasteiger partial charge in [-0.1, -0.05) is 26.7 Å². The second kappa shape index (κ2) is 7.57. The van der Waals surface area contributed by atoms with Crippen LogP contribution in [0.2, 0.25) is 0 Å². The van der Waals surface area contributed by atoms with Crippen LogP contribution >= 0.6 is 0 Å². The van der Waals surface area contributed by atoms with E-state index < -0.39 is 16.3 Å². The van der Waals surface area contributed by atoms with Gasteiger partial charge in [-0.3, -0.25) is 0 Å². The van der Waals surface area contributed by atoms with Crippen molar-refractivity contribution in [3.05, 3.63) is 0 Å². The van der Waals surface area contributed by atoms with Gasteiger partial charge >= 0.3 is 0 Å². The Labute approximate surface area is 117 Å². The molecular formula is C13H28N2O3S. The molecule has 0 radical (unpaired) electrons. The van der Waals surface area contributed by atoms with Gasteiger partial charge in [-0.15, -0.1) is 0 Å². The van der Waals surface area contributed by atoms with Crippen molar-refractivity contribution in [1.82, 2.24) is 9.03 Å². The van der Waals surface area contributed by atoms with E-state index in [0.29, 0.717) is 19.5 Å². The van der Waals surface area contributed by atoms with E-state index in [1.807, 2.05) is 13.8 Å². The number of aliphatic hydroxyl groups is 1. The Kier molecular flexibility index (Phi) is 6.73. The van der Waals surface area contributed by atoms with Crippen molar-refractivity contribution in [2.24, 2.45) is 5.92 Å². The minimum Gasteiger partial charge on any atom is -0.393 e. The molecule has 0 aromatic heterocycles. The summed E-state index contributed by atoms with van der Waals surface area (Å²) in [5.41, 5.74) is 0. The van der Waals surface area contributed by atoms with Gasteiger partial charge in [0, 0.05) is 19.1 Å². The lowest BCUT2D eigenvalue weighted by Crippen LogP contribution is -2.48. The highest BCUT2D eigenvalue weighted by Gasteiger charge is 2.31. The highest BCUT2D eigenvalue weighted by molar-refractivity contribution is 7.87. The molecule has 5 nitrogen and oxygen atoms in total. The molecule has 0 bridgehead atoms. The fourth-order valence-corrected chi connectivity index (χ4v) is 4.11. The predicted molar refractivity (Wildman–Crippen MR) is 77.0 cm³/mol. The van der Waals surface area contributed by atoms with Crippen LogP contribution in [-0.2, 0) is 10.2 Å². The molecule has 2 atom stereocenters. The van der Waals surface area contributed by atoms with Crippen molar-refractivity contribution in [3.8, 4) is 0 Å². The van der Waals surface area contributed by atoms with Crippen molar-refractivity contribution in [3.63, 3.8) is 0 Å². The summed E-state index contributed by atoms with van der Waals surface area (Å²) in [5.74, 6) is 0.289. The molecule has 0 aromatic carbocycles. The summed E-state index contributed by atoms with van der Waals surface area (Å²) in [6.45, 7) is 6.71. The lowest BCUT2D eigenvalue weighted by Gasteiger charge is -2.30. The van der Waals surface area contributed by atoms with E-state index in [1.54, 1.807) is 11.2 Å². The molecule has 2 N–H and O–H groups in total. The summed E-state index contributed by atoms with van der Waals surface area (Å²) in [6.07, 6.45) is 3.89. The zero-order valence-electron chi connectivity index (χ0n) is 12.3. The van der Waals surface area contributed by atoms with Crippen LogP contribution in [-0.4, -0.2) is 43.1 Å². The Balaban J connectivity index is 2.77. The number of hydrogen-bond donors (Lipinski definition) is 2. The molecule has 6 heteroatoms. The molecule has 19 heavy (non-hydrogen) atoms. The maximum Gasteiger partial charge on any atom is 0.279 e. The first-order valence-electron chi connectivity index (χ1n) is 7.27. The topological polar surface area (TPSA) is 69.6 Å². The summed E-state index contributed by atoms with van der Waals surface area (Å²) in [4.78, 5) is 0. The summed E-state index contributed by atoms with van der Waals surface area (Å²) >= 11 is 0. The van der Waals surface area contributed by atoms with Gasteiger partial charge < -0.3 is 5.11 Å². The summed E-state index contributed by atoms with van der Waals surface area (Å²) in [5, 5.41) is 9.56. The Bertz CT molecular complexity index is 355. The van der Waals surface area contributed by atoms with E-state index >= 15 is 0 Å². The van der Waals surface area contributed by atoms with Gasteiger partial charge in [0.05, 0.1) is 6.10 Å². The third-order valence-electron chi connectivity index (χ3n) is 3.42. The third-order valence-corrected chi connectivity index (χ3v) is 5.05. The first-order chi connectivity index (χ1) is 8.83. The van der Waals surface area contributed by atoms with E-state index in [9.17, 15) is 13.5 Å². The minimum atomic E-state index is -3.42. The van der Waals surface area contributed by atoms with Crippen LogP contribution in [0.4, 0.5) is 0 Å². The van der Waals surface area contributed by atoms with Gasteiger partial charge in [0.2, 0.25) is 0 Å². The van der Waals surface area contributed by atoms with E-state index in [1.165, 1.54) is 0 Å². The Hall–Kier alpha value is -0.170. The molecule has 2 unspecified atom stereocenters. The van der Waals surface area contributed by atoms with Gasteiger partial charge in [0.1, 0.15) is 0 Å². The number of nitrogens with one attached hydrogen (secondary N) is 1. The van der Waals surface area contributed by atoms with Crippen LogP contribution in [0, 0.1) is 5.92 Å². The Morgan fingerprint density at radius 2 is 1.95 bits per heavy atom. The van der Waals surface area contributed by atoms with E-state index in [0.717, 1.165) is 25.7 Å². The predicted octanol–water partition coefficient (Wildman–Crippen LogP) is 1.49. The molecule has 0 aliphatic carbocycles. The second-order valence-corrected chi connectivity index (χ2v) is 7.65. The molecule has 1 aliphatic rings. The first-order valence-corrected chi connectivity index (χ1v) is 8.71. The van der Waals surface area contributed by atoms with Gasteiger partial charge in [0.25, 0.3) is 10.2 Å². The SMILES string of the molecule is CC(C)CNS(=O)(=O)N1CCCCCC1CC(C)O. The quantitative estimate of drug-likeness (QED) is 0.779. The molecule has 1 fully saturated rings. The van der Waals surface area contributed by atoms with Crippen LogP contribution in [0.3, 0.4) is 0 Å². The fraction of sp³-hybridized carbons (Fsp3) is 1.00. The molecule has 1 rings (SSSR count). The van der Waals surface area contributed by atoms with E-state index in [4.69, 9.17) is 0 Å². The lowest BCUT2D eigenvalue weighted by atomic mass is 10.1. The van der Waals surface area contributed by atoms with Crippen molar-refractivity contribution < 1.29 is 13.5 Å². The number of rotatable bonds is 6. The average molecular weight is 292 g/mol. The van der Waals surface area contributed by atoms with Crippen molar-refractivity contribution in [2.75, 3.05) is 13.1 Å². The number of nitrogens with zero attached hydrogens (tertiary/aromatic N) is 1. The molecule has 1 aliphatic heterocycles. The smallest absolute Gasteiger partial charge is 0.279 e. The average Bonchev–Trinajstić information content (AvgIpc) is 2.51. The molecule has 1 heterocycles. The molecule has 0 aromatic rings. The fourth-order valence-electron chi connectivity index (χ4n) is 2.45. The van der Waals surface area contributed by atoms with Crippen LogP contribution in [0.5, 0.6) is 0 Å². The Morgan fingerprint density at radius 3 is 2.53 bits per heavy atom. The Morgan fingerprint density at radius 1 is 1.26 bits per heavy atom. The highest BCUT2D eigenvalue weighted by Crippen LogP contribution is 2.22. The van der Waals surface area contributed by atoms with E-state index in [-0.39, 0.29) is 12.0 Å². The zero-order valence-corrected chi connectivity index (χ0v) is 13.1. The third kappa shape index (κ3) is 5.77. The van der Waals surface area contributed by atoms with Crippen LogP contribution in [0.25, 0.3) is 0 Å². The second-order valence-electron chi connectivity index (χ2n) is 5.95. The molecule has 114 valence electrons. The number of hydrogen-bond acceptors (Lipinski definition) is 3. The zero-order chi connectivity index (χ0) is 14.5. The summed E-state index contributed by atoms with van der Waals surface area (Å²) in [7, 11) is -3.42. The molecule has 0 saturated carbocycles. The van der Waals surface area contributed by atoms with E-state index in [2.05, 4.69) is 4.72 Å². The molecule has 1 saturated heterocycles. The first kappa shape index (κ1) is 16.9. The monoisotopic (exact) mass is 292 g/mol. The van der Waals surface area contributed by atoms with Gasteiger partial charge in [-0.2, -0.15) is 12.7 Å². The highest BCUT2D eigenvalue weighted by atomic mass is 32.2. The maximum atomic E-state index is 12.4. The van der Waals surface area contributed by atoms with Crippen LogP contribution in [0.1, 0.15) is 52.9 Å². The molecule has 0 spiro atoms.